The first kappa shape index (κ1) is 15.2. The van der Waals surface area contributed by atoms with E-state index in [1.807, 2.05) is 25.1 Å². The second-order valence-electron chi connectivity index (χ2n) is 4.60. The molecule has 0 heterocycles. The summed E-state index contributed by atoms with van der Waals surface area (Å²) in [5.41, 5.74) is 0.594. The van der Waals surface area contributed by atoms with Gasteiger partial charge >= 0.3 is 0 Å². The zero-order valence-corrected chi connectivity index (χ0v) is 11.8. The Morgan fingerprint density at radius 3 is 2.52 bits per heavy atom. The van der Waals surface area contributed by atoms with Crippen LogP contribution in [-0.2, 0) is 0 Å². The van der Waals surface area contributed by atoms with Crippen LogP contribution in [0.4, 0.5) is 18.9 Å². The lowest BCUT2D eigenvalue weighted by Gasteiger charge is -2.21. The van der Waals surface area contributed by atoms with Crippen LogP contribution in [-0.4, -0.2) is 7.11 Å². The van der Waals surface area contributed by atoms with E-state index in [1.165, 1.54) is 7.11 Å². The van der Waals surface area contributed by atoms with Crippen LogP contribution >= 0.6 is 0 Å². The van der Waals surface area contributed by atoms with Crippen LogP contribution in [0.5, 0.6) is 5.75 Å². The van der Waals surface area contributed by atoms with Crippen LogP contribution in [0.15, 0.2) is 36.4 Å². The van der Waals surface area contributed by atoms with E-state index < -0.39 is 17.5 Å². The van der Waals surface area contributed by atoms with Crippen LogP contribution < -0.4 is 10.1 Å². The van der Waals surface area contributed by atoms with Crippen molar-refractivity contribution in [3.05, 3.63) is 59.4 Å². The Kier molecular flexibility index (Phi) is 4.73. The molecule has 112 valence electrons. The predicted molar refractivity (Wildman–Crippen MR) is 76.0 cm³/mol. The topological polar surface area (TPSA) is 21.3 Å². The van der Waals surface area contributed by atoms with Crippen molar-refractivity contribution in [2.24, 2.45) is 0 Å². The molecule has 0 aliphatic rings. The summed E-state index contributed by atoms with van der Waals surface area (Å²) in [5, 5.41) is 2.83. The first-order chi connectivity index (χ1) is 10.1. The van der Waals surface area contributed by atoms with E-state index in [0.717, 1.165) is 11.6 Å². The summed E-state index contributed by atoms with van der Waals surface area (Å²) in [6, 6.07) is 8.38. The highest BCUT2D eigenvalue weighted by Gasteiger charge is 2.18. The molecular weight excluding hydrogens is 279 g/mol. The zero-order valence-electron chi connectivity index (χ0n) is 11.8. The molecule has 1 N–H and O–H groups in total. The minimum Gasteiger partial charge on any atom is -0.496 e. The van der Waals surface area contributed by atoms with E-state index in [0.29, 0.717) is 18.2 Å². The summed E-state index contributed by atoms with van der Waals surface area (Å²) < 4.78 is 45.5. The lowest BCUT2D eigenvalue weighted by Crippen LogP contribution is -2.13. The number of nitrogens with one attached hydrogen (secondary N) is 1. The van der Waals surface area contributed by atoms with Gasteiger partial charge in [-0.1, -0.05) is 25.1 Å². The van der Waals surface area contributed by atoms with Gasteiger partial charge in [0.2, 0.25) is 0 Å². The Bertz CT molecular complexity index is 631. The average Bonchev–Trinajstić information content (AvgIpc) is 2.49. The number of benzene rings is 2. The lowest BCUT2D eigenvalue weighted by molar-refractivity contribution is 0.406. The summed E-state index contributed by atoms with van der Waals surface area (Å²) in [6.45, 7) is 1.89. The van der Waals surface area contributed by atoms with Gasteiger partial charge in [0.25, 0.3) is 0 Å². The zero-order chi connectivity index (χ0) is 15.4. The predicted octanol–water partition coefficient (Wildman–Crippen LogP) is 4.68. The third kappa shape index (κ3) is 3.29. The maximum Gasteiger partial charge on any atom is 0.182 e. The van der Waals surface area contributed by atoms with Crippen LogP contribution in [0.1, 0.15) is 24.9 Å². The highest BCUT2D eigenvalue weighted by Crippen LogP contribution is 2.31. The Morgan fingerprint density at radius 2 is 1.86 bits per heavy atom. The molecule has 1 atom stereocenters. The van der Waals surface area contributed by atoms with Gasteiger partial charge in [-0.2, -0.15) is 0 Å². The smallest absolute Gasteiger partial charge is 0.182 e. The van der Waals surface area contributed by atoms with Crippen molar-refractivity contribution in [2.45, 2.75) is 19.4 Å². The molecule has 0 amide bonds. The fraction of sp³-hybridized carbons (Fsp3) is 0.250. The van der Waals surface area contributed by atoms with Gasteiger partial charge in [-0.15, -0.1) is 0 Å². The van der Waals surface area contributed by atoms with E-state index in [2.05, 4.69) is 5.32 Å². The Morgan fingerprint density at radius 1 is 1.14 bits per heavy atom. The van der Waals surface area contributed by atoms with Gasteiger partial charge in [0.15, 0.2) is 11.6 Å². The van der Waals surface area contributed by atoms with Gasteiger partial charge in [0, 0.05) is 17.7 Å². The number of hydrogen-bond acceptors (Lipinski definition) is 2. The lowest BCUT2D eigenvalue weighted by atomic mass is 10.0. The Balaban J connectivity index is 2.36. The molecule has 2 nitrogen and oxygen atoms in total. The summed E-state index contributed by atoms with van der Waals surface area (Å²) in [7, 11) is 1.54. The number of hydrogen-bond donors (Lipinski definition) is 1. The van der Waals surface area contributed by atoms with Crippen molar-refractivity contribution < 1.29 is 17.9 Å². The molecule has 0 radical (unpaired) electrons. The normalized spacial score (nSPS) is 12.0. The van der Waals surface area contributed by atoms with Crippen molar-refractivity contribution in [3.63, 3.8) is 0 Å². The van der Waals surface area contributed by atoms with Gasteiger partial charge < -0.3 is 10.1 Å². The molecule has 0 saturated carbocycles. The van der Waals surface area contributed by atoms with Crippen molar-refractivity contribution in [1.82, 2.24) is 0 Å². The van der Waals surface area contributed by atoms with Crippen LogP contribution in [0, 0.1) is 17.5 Å². The molecule has 0 aliphatic carbocycles. The third-order valence-corrected chi connectivity index (χ3v) is 3.25. The van der Waals surface area contributed by atoms with Crippen molar-refractivity contribution >= 4 is 5.69 Å². The van der Waals surface area contributed by atoms with E-state index in [-0.39, 0.29) is 11.7 Å². The van der Waals surface area contributed by atoms with Gasteiger partial charge in [0.05, 0.1) is 18.8 Å². The Labute approximate surface area is 121 Å². The summed E-state index contributed by atoms with van der Waals surface area (Å²) in [5.74, 6) is -2.50. The minimum atomic E-state index is -1.22. The molecule has 0 bridgehead atoms. The van der Waals surface area contributed by atoms with E-state index in [1.54, 1.807) is 6.07 Å². The maximum atomic E-state index is 13.7. The van der Waals surface area contributed by atoms with Crippen molar-refractivity contribution in [1.29, 1.82) is 0 Å². The number of para-hydroxylation sites is 1. The van der Waals surface area contributed by atoms with Crippen molar-refractivity contribution in [3.8, 4) is 5.75 Å². The standard InChI is InChI=1S/C16H16F3NO/c1-3-13(11-6-4-5-7-15(11)21-2)20-14-9-10(17)8-12(18)16(14)19/h4-9,13,20H,3H2,1-2H3. The average molecular weight is 295 g/mol. The summed E-state index contributed by atoms with van der Waals surface area (Å²) in [4.78, 5) is 0. The second-order valence-corrected chi connectivity index (χ2v) is 4.60. The number of methoxy groups -OCH3 is 1. The number of anilines is 1. The molecule has 0 saturated heterocycles. The summed E-state index contributed by atoms with van der Waals surface area (Å²) >= 11 is 0. The largest absolute Gasteiger partial charge is 0.496 e. The first-order valence-corrected chi connectivity index (χ1v) is 6.60. The van der Waals surface area contributed by atoms with E-state index in [4.69, 9.17) is 4.74 Å². The molecule has 0 aliphatic heterocycles. The maximum absolute atomic E-state index is 13.7. The SMILES string of the molecule is CCC(Nc1cc(F)cc(F)c1F)c1ccccc1OC. The van der Waals surface area contributed by atoms with Crippen LogP contribution in [0.25, 0.3) is 0 Å². The molecule has 21 heavy (non-hydrogen) atoms. The fourth-order valence-electron chi connectivity index (χ4n) is 2.20. The minimum absolute atomic E-state index is 0.203. The molecule has 5 heteroatoms. The molecule has 2 aromatic rings. The quantitative estimate of drug-likeness (QED) is 0.809. The molecule has 2 rings (SSSR count). The number of ether oxygens (including phenoxy) is 1. The molecular formula is C16H16F3NO. The summed E-state index contributed by atoms with van der Waals surface area (Å²) in [6.07, 6.45) is 0.595. The van der Waals surface area contributed by atoms with Gasteiger partial charge in [-0.05, 0) is 12.5 Å². The van der Waals surface area contributed by atoms with Crippen LogP contribution in [0.2, 0.25) is 0 Å². The highest BCUT2D eigenvalue weighted by atomic mass is 19.2. The molecule has 1 unspecified atom stereocenters. The highest BCUT2D eigenvalue weighted by molar-refractivity contribution is 5.49. The van der Waals surface area contributed by atoms with Gasteiger partial charge in [-0.25, -0.2) is 13.2 Å². The Hall–Kier alpha value is -2.17. The van der Waals surface area contributed by atoms with Gasteiger partial charge in [0.1, 0.15) is 11.6 Å². The molecule has 0 aromatic heterocycles. The van der Waals surface area contributed by atoms with E-state index in [9.17, 15) is 13.2 Å². The molecule has 0 spiro atoms. The number of rotatable bonds is 5. The monoisotopic (exact) mass is 295 g/mol. The first-order valence-electron chi connectivity index (χ1n) is 6.60. The van der Waals surface area contributed by atoms with Crippen LogP contribution in [0.3, 0.4) is 0 Å². The van der Waals surface area contributed by atoms with Gasteiger partial charge in [-0.3, -0.25) is 0 Å². The number of halogens is 3. The van der Waals surface area contributed by atoms with E-state index >= 15 is 0 Å². The fourth-order valence-corrected chi connectivity index (χ4v) is 2.20. The van der Waals surface area contributed by atoms with Crippen molar-refractivity contribution in [2.75, 3.05) is 12.4 Å². The third-order valence-electron chi connectivity index (χ3n) is 3.25. The molecule has 2 aromatic carbocycles. The second kappa shape index (κ2) is 6.52. The molecule has 0 fully saturated rings.